The molecule has 2 aliphatic rings. The summed E-state index contributed by atoms with van der Waals surface area (Å²) in [4.78, 5) is 17.4. The second kappa shape index (κ2) is 7.13. The number of nitrogens with one attached hydrogen (secondary N) is 1. The van der Waals surface area contributed by atoms with Gasteiger partial charge in [-0.3, -0.25) is 4.79 Å². The lowest BCUT2D eigenvalue weighted by Gasteiger charge is -2.38. The Morgan fingerprint density at radius 2 is 1.87 bits per heavy atom. The zero-order chi connectivity index (χ0) is 20.7. The summed E-state index contributed by atoms with van der Waals surface area (Å²) >= 11 is 0. The molecule has 6 nitrogen and oxygen atoms in total. The molecule has 6 heteroatoms. The van der Waals surface area contributed by atoms with Crippen LogP contribution in [0.4, 0.5) is 5.95 Å². The smallest absolute Gasteiger partial charge is 0.226 e. The number of rotatable bonds is 4. The minimum absolute atomic E-state index is 0.0647. The van der Waals surface area contributed by atoms with Crippen LogP contribution in [0.15, 0.2) is 72.2 Å². The van der Waals surface area contributed by atoms with Crippen LogP contribution in [0.2, 0.25) is 0 Å². The van der Waals surface area contributed by atoms with Crippen molar-refractivity contribution in [3.05, 3.63) is 83.3 Å². The number of carbonyl (C=O) groups excluding carboxylic acids is 1. The normalized spacial score (nSPS) is 19.7. The highest BCUT2D eigenvalue weighted by atomic mass is 16.5. The predicted molar refractivity (Wildman–Crippen MR) is 114 cm³/mol. The first-order valence-electron chi connectivity index (χ1n) is 10.2. The van der Waals surface area contributed by atoms with E-state index in [1.54, 1.807) is 4.68 Å². The number of hydrogen-bond acceptors (Lipinski definition) is 5. The fourth-order valence-electron chi connectivity index (χ4n) is 4.34. The van der Waals surface area contributed by atoms with Gasteiger partial charge in [-0.1, -0.05) is 56.3 Å². The van der Waals surface area contributed by atoms with Crippen LogP contribution in [-0.4, -0.2) is 20.5 Å². The molecule has 0 saturated heterocycles. The van der Waals surface area contributed by atoms with E-state index >= 15 is 0 Å². The molecule has 1 aliphatic carbocycles. The van der Waals surface area contributed by atoms with Crippen LogP contribution in [0.1, 0.15) is 43.9 Å². The quantitative estimate of drug-likeness (QED) is 0.698. The first-order chi connectivity index (χ1) is 14.5. The maximum absolute atomic E-state index is 13.1. The van der Waals surface area contributed by atoms with Gasteiger partial charge in [0.15, 0.2) is 5.78 Å². The number of anilines is 1. The molecule has 5 rings (SSSR count). The van der Waals surface area contributed by atoms with Crippen molar-refractivity contribution in [3.8, 4) is 5.75 Å². The third-order valence-electron chi connectivity index (χ3n) is 5.72. The van der Waals surface area contributed by atoms with Gasteiger partial charge in [0.1, 0.15) is 24.7 Å². The molecule has 0 bridgehead atoms. The summed E-state index contributed by atoms with van der Waals surface area (Å²) in [6, 6.07) is 17.7. The predicted octanol–water partition coefficient (Wildman–Crippen LogP) is 4.52. The number of Topliss-reactive ketones (excluding diaryl/α,β-unsaturated/α-hetero) is 1. The zero-order valence-electron chi connectivity index (χ0n) is 17.1. The van der Waals surface area contributed by atoms with Gasteiger partial charge in [-0.25, -0.2) is 4.68 Å². The Labute approximate surface area is 175 Å². The molecular formula is C24H24N4O2. The first-order valence-corrected chi connectivity index (χ1v) is 10.2. The monoisotopic (exact) mass is 400 g/mol. The second-order valence-corrected chi connectivity index (χ2v) is 8.73. The van der Waals surface area contributed by atoms with E-state index in [1.807, 2.05) is 54.6 Å². The SMILES string of the molecule is CC1(C)CC(=O)C2=C(C1)Nc1ncnn1[C@H]2c1ccc(OCc2ccccc2)cc1. The van der Waals surface area contributed by atoms with E-state index in [1.165, 1.54) is 6.33 Å². The van der Waals surface area contributed by atoms with E-state index in [9.17, 15) is 4.79 Å². The molecule has 3 aromatic rings. The lowest BCUT2D eigenvalue weighted by Crippen LogP contribution is -2.36. The fourth-order valence-corrected chi connectivity index (χ4v) is 4.34. The van der Waals surface area contributed by atoms with Crippen LogP contribution >= 0.6 is 0 Å². The third-order valence-corrected chi connectivity index (χ3v) is 5.72. The molecule has 2 aromatic carbocycles. The molecular weight excluding hydrogens is 376 g/mol. The summed E-state index contributed by atoms with van der Waals surface area (Å²) in [7, 11) is 0. The molecule has 2 heterocycles. The van der Waals surface area contributed by atoms with Gasteiger partial charge in [0.2, 0.25) is 5.95 Å². The Bertz CT molecular complexity index is 1110. The van der Waals surface area contributed by atoms with Crippen molar-refractivity contribution in [3.63, 3.8) is 0 Å². The molecule has 1 atom stereocenters. The molecule has 1 N–H and O–H groups in total. The van der Waals surface area contributed by atoms with Crippen molar-refractivity contribution >= 4 is 11.7 Å². The van der Waals surface area contributed by atoms with E-state index in [-0.39, 0.29) is 17.2 Å². The second-order valence-electron chi connectivity index (χ2n) is 8.73. The number of allylic oxidation sites excluding steroid dienone is 2. The van der Waals surface area contributed by atoms with Crippen LogP contribution in [-0.2, 0) is 11.4 Å². The summed E-state index contributed by atoms with van der Waals surface area (Å²) in [6.07, 6.45) is 2.88. The van der Waals surface area contributed by atoms with E-state index < -0.39 is 0 Å². The van der Waals surface area contributed by atoms with Crippen molar-refractivity contribution in [2.45, 2.75) is 39.3 Å². The molecule has 0 saturated carbocycles. The van der Waals surface area contributed by atoms with Gasteiger partial charge >= 0.3 is 0 Å². The average molecular weight is 400 g/mol. The molecule has 0 radical (unpaired) electrons. The zero-order valence-corrected chi connectivity index (χ0v) is 17.1. The lowest BCUT2D eigenvalue weighted by molar-refractivity contribution is -0.118. The van der Waals surface area contributed by atoms with Crippen LogP contribution in [0.5, 0.6) is 5.75 Å². The minimum Gasteiger partial charge on any atom is -0.489 e. The Hall–Kier alpha value is -3.41. The molecule has 0 fully saturated rings. The number of ether oxygens (including phenoxy) is 1. The molecule has 0 unspecified atom stereocenters. The number of fused-ring (bicyclic) bond motifs is 1. The van der Waals surface area contributed by atoms with Crippen molar-refractivity contribution in [1.82, 2.24) is 14.8 Å². The molecule has 1 aliphatic heterocycles. The van der Waals surface area contributed by atoms with Crippen LogP contribution in [0.25, 0.3) is 0 Å². The van der Waals surface area contributed by atoms with E-state index in [4.69, 9.17) is 4.74 Å². The maximum Gasteiger partial charge on any atom is 0.226 e. The van der Waals surface area contributed by atoms with E-state index in [0.29, 0.717) is 19.0 Å². The van der Waals surface area contributed by atoms with Crippen molar-refractivity contribution in [2.75, 3.05) is 5.32 Å². The summed E-state index contributed by atoms with van der Waals surface area (Å²) in [6.45, 7) is 4.77. The number of nitrogens with zero attached hydrogens (tertiary/aromatic N) is 3. The summed E-state index contributed by atoms with van der Waals surface area (Å²) in [5.74, 6) is 1.64. The van der Waals surface area contributed by atoms with Gasteiger partial charge in [-0.05, 0) is 35.1 Å². The Morgan fingerprint density at radius 3 is 2.63 bits per heavy atom. The largest absolute Gasteiger partial charge is 0.489 e. The topological polar surface area (TPSA) is 69.0 Å². The molecule has 0 spiro atoms. The molecule has 30 heavy (non-hydrogen) atoms. The standard InChI is InChI=1S/C24H24N4O2/c1-24(2)12-19-21(20(29)13-24)22(28-23(27-19)25-15-26-28)17-8-10-18(11-9-17)30-14-16-6-4-3-5-7-16/h3-11,15,22H,12-14H2,1-2H3,(H,25,26,27)/t22-/m0/s1. The van der Waals surface area contributed by atoms with Crippen molar-refractivity contribution < 1.29 is 9.53 Å². The van der Waals surface area contributed by atoms with Gasteiger partial charge in [-0.2, -0.15) is 10.1 Å². The number of carbonyl (C=O) groups is 1. The van der Waals surface area contributed by atoms with Gasteiger partial charge < -0.3 is 10.1 Å². The van der Waals surface area contributed by atoms with Crippen LogP contribution < -0.4 is 10.1 Å². The van der Waals surface area contributed by atoms with E-state index in [0.717, 1.165) is 34.6 Å². The van der Waals surface area contributed by atoms with Crippen LogP contribution in [0, 0.1) is 5.41 Å². The Balaban J connectivity index is 1.45. The number of hydrogen-bond donors (Lipinski definition) is 1. The summed E-state index contributed by atoms with van der Waals surface area (Å²) in [5, 5.41) is 7.74. The molecule has 1 aromatic heterocycles. The first kappa shape index (κ1) is 18.6. The number of ketones is 1. The van der Waals surface area contributed by atoms with Gasteiger partial charge in [0, 0.05) is 17.7 Å². The number of benzene rings is 2. The maximum atomic E-state index is 13.1. The number of aromatic nitrogens is 3. The Kier molecular flexibility index (Phi) is 4.42. The van der Waals surface area contributed by atoms with Crippen molar-refractivity contribution in [1.29, 1.82) is 0 Å². The lowest BCUT2D eigenvalue weighted by atomic mass is 9.73. The average Bonchev–Trinajstić information content (AvgIpc) is 3.19. The highest BCUT2D eigenvalue weighted by Crippen LogP contribution is 2.45. The Morgan fingerprint density at radius 1 is 1.10 bits per heavy atom. The highest BCUT2D eigenvalue weighted by Gasteiger charge is 2.41. The fraction of sp³-hybridized carbons (Fsp3) is 0.292. The third kappa shape index (κ3) is 3.38. The van der Waals surface area contributed by atoms with Gasteiger partial charge in [-0.15, -0.1) is 0 Å². The molecule has 152 valence electrons. The van der Waals surface area contributed by atoms with Crippen LogP contribution in [0.3, 0.4) is 0 Å². The highest BCUT2D eigenvalue weighted by molar-refractivity contribution is 6.00. The van der Waals surface area contributed by atoms with Gasteiger partial charge in [0.25, 0.3) is 0 Å². The van der Waals surface area contributed by atoms with Gasteiger partial charge in [0.05, 0.1) is 0 Å². The van der Waals surface area contributed by atoms with Crippen molar-refractivity contribution in [2.24, 2.45) is 5.41 Å². The summed E-state index contributed by atoms with van der Waals surface area (Å²) < 4.78 is 7.72. The minimum atomic E-state index is -0.273. The molecule has 0 amide bonds. The summed E-state index contributed by atoms with van der Waals surface area (Å²) in [5.41, 5.74) is 3.81. The van der Waals surface area contributed by atoms with E-state index in [2.05, 4.69) is 29.2 Å².